The van der Waals surface area contributed by atoms with Crippen LogP contribution in [-0.2, 0) is 4.74 Å². The molecule has 0 bridgehead atoms. The molecule has 0 saturated carbocycles. The zero-order chi connectivity index (χ0) is 15.1. The Balaban J connectivity index is 3.28. The average Bonchev–Trinajstić information content (AvgIpc) is 2.45. The van der Waals surface area contributed by atoms with Crippen molar-refractivity contribution in [3.63, 3.8) is 0 Å². The minimum atomic E-state index is -0.617. The Morgan fingerprint density at radius 1 is 1.35 bits per heavy atom. The summed E-state index contributed by atoms with van der Waals surface area (Å²) in [5, 5.41) is 29.0. The Labute approximate surface area is 115 Å². The molecule has 0 spiro atoms. The molecule has 0 amide bonds. The lowest BCUT2D eigenvalue weighted by Gasteiger charge is -2.23. The number of benzene rings is 1. The summed E-state index contributed by atoms with van der Waals surface area (Å²) in [6.07, 6.45) is 0. The van der Waals surface area contributed by atoms with E-state index in [4.69, 9.17) is 10.2 Å². The van der Waals surface area contributed by atoms with Gasteiger partial charge >= 0.3 is 5.97 Å². The fourth-order valence-electron chi connectivity index (χ4n) is 1.77. The fourth-order valence-corrected chi connectivity index (χ4v) is 1.77. The minimum absolute atomic E-state index is 0.103. The molecule has 0 radical (unpaired) electrons. The van der Waals surface area contributed by atoms with Gasteiger partial charge in [0.05, 0.1) is 30.8 Å². The first-order chi connectivity index (χ1) is 9.54. The van der Waals surface area contributed by atoms with Gasteiger partial charge in [-0.2, -0.15) is 0 Å². The van der Waals surface area contributed by atoms with Gasteiger partial charge in [0.1, 0.15) is 5.69 Å². The van der Waals surface area contributed by atoms with Crippen LogP contribution in [-0.4, -0.2) is 54.5 Å². The molecule has 1 aromatic carbocycles. The third-order valence-electron chi connectivity index (χ3n) is 2.67. The molecule has 2 N–H and O–H groups in total. The Morgan fingerprint density at radius 3 is 2.40 bits per heavy atom. The second-order valence-corrected chi connectivity index (χ2v) is 3.89. The normalized spacial score (nSPS) is 10.2. The third kappa shape index (κ3) is 3.65. The summed E-state index contributed by atoms with van der Waals surface area (Å²) in [4.78, 5) is 23.3. The summed E-state index contributed by atoms with van der Waals surface area (Å²) in [6.45, 7) is -0.267. The molecule has 110 valence electrons. The van der Waals surface area contributed by atoms with Crippen LogP contribution >= 0.6 is 0 Å². The Morgan fingerprint density at radius 2 is 1.95 bits per heavy atom. The van der Waals surface area contributed by atoms with Gasteiger partial charge in [-0.05, 0) is 12.1 Å². The first-order valence-corrected chi connectivity index (χ1v) is 5.88. The van der Waals surface area contributed by atoms with Crippen molar-refractivity contribution in [1.29, 1.82) is 0 Å². The molecular weight excluding hydrogens is 268 g/mol. The first-order valence-electron chi connectivity index (χ1n) is 5.88. The highest BCUT2D eigenvalue weighted by Crippen LogP contribution is 2.29. The third-order valence-corrected chi connectivity index (χ3v) is 2.67. The maximum atomic E-state index is 11.5. The Bertz CT molecular complexity index is 485. The zero-order valence-electron chi connectivity index (χ0n) is 11.0. The van der Waals surface area contributed by atoms with E-state index < -0.39 is 10.9 Å². The van der Waals surface area contributed by atoms with E-state index in [-0.39, 0.29) is 43.2 Å². The highest BCUT2D eigenvalue weighted by atomic mass is 16.6. The smallest absolute Gasteiger partial charge is 0.337 e. The molecule has 0 saturated heterocycles. The molecule has 1 aromatic rings. The van der Waals surface area contributed by atoms with Crippen molar-refractivity contribution in [2.24, 2.45) is 0 Å². The second kappa shape index (κ2) is 7.41. The summed E-state index contributed by atoms with van der Waals surface area (Å²) in [6, 6.07) is 3.81. The van der Waals surface area contributed by atoms with Crippen LogP contribution in [0.5, 0.6) is 0 Å². The number of carbonyl (C=O) groups is 1. The summed E-state index contributed by atoms with van der Waals surface area (Å²) in [5.74, 6) is -0.617. The van der Waals surface area contributed by atoms with Gasteiger partial charge in [-0.15, -0.1) is 0 Å². The van der Waals surface area contributed by atoms with Crippen molar-refractivity contribution in [3.8, 4) is 0 Å². The number of aliphatic hydroxyl groups is 2. The molecule has 20 heavy (non-hydrogen) atoms. The van der Waals surface area contributed by atoms with Gasteiger partial charge in [0.25, 0.3) is 5.69 Å². The van der Waals surface area contributed by atoms with Crippen molar-refractivity contribution in [1.82, 2.24) is 0 Å². The number of ether oxygens (including phenoxy) is 1. The average molecular weight is 284 g/mol. The summed E-state index contributed by atoms with van der Waals surface area (Å²) < 4.78 is 4.57. The van der Waals surface area contributed by atoms with Crippen LogP contribution in [0.15, 0.2) is 18.2 Å². The van der Waals surface area contributed by atoms with Crippen molar-refractivity contribution in [2.75, 3.05) is 38.3 Å². The molecule has 0 aliphatic carbocycles. The van der Waals surface area contributed by atoms with Crippen molar-refractivity contribution in [3.05, 3.63) is 33.9 Å². The predicted octanol–water partition coefficient (Wildman–Crippen LogP) is 0.172. The number of nitrogens with zero attached hydrogens (tertiary/aromatic N) is 2. The number of nitro benzene ring substituents is 1. The molecule has 0 aromatic heterocycles. The number of aliphatic hydroxyl groups excluding tert-OH is 2. The zero-order valence-corrected chi connectivity index (χ0v) is 11.0. The Hall–Kier alpha value is -2.19. The standard InChI is InChI=1S/C12H16N2O6/c1-20-12(17)9-2-3-10(14(18)19)11(8-9)13(4-6-15)5-7-16/h2-3,8,15-16H,4-7H2,1H3. The van der Waals surface area contributed by atoms with Crippen molar-refractivity contribution < 1.29 is 24.7 Å². The van der Waals surface area contributed by atoms with Crippen LogP contribution in [0.2, 0.25) is 0 Å². The lowest BCUT2D eigenvalue weighted by molar-refractivity contribution is -0.384. The van der Waals surface area contributed by atoms with Crippen LogP contribution in [0.3, 0.4) is 0 Å². The number of rotatable bonds is 7. The molecule has 0 heterocycles. The molecule has 0 aliphatic rings. The molecule has 0 fully saturated rings. The SMILES string of the molecule is COC(=O)c1ccc([N+](=O)[O-])c(N(CCO)CCO)c1. The number of esters is 1. The van der Waals surface area contributed by atoms with Gasteiger partial charge < -0.3 is 19.8 Å². The van der Waals surface area contributed by atoms with Gasteiger partial charge in [0.15, 0.2) is 0 Å². The molecule has 8 heteroatoms. The predicted molar refractivity (Wildman–Crippen MR) is 70.8 cm³/mol. The van der Waals surface area contributed by atoms with E-state index in [0.29, 0.717) is 0 Å². The maximum absolute atomic E-state index is 11.5. The van der Waals surface area contributed by atoms with E-state index in [1.807, 2.05) is 0 Å². The molecule has 0 unspecified atom stereocenters. The molecule has 8 nitrogen and oxygen atoms in total. The van der Waals surface area contributed by atoms with Crippen molar-refractivity contribution >= 4 is 17.3 Å². The molecular formula is C12H16N2O6. The van der Waals surface area contributed by atoms with Gasteiger partial charge in [0, 0.05) is 19.2 Å². The minimum Gasteiger partial charge on any atom is -0.465 e. The van der Waals surface area contributed by atoms with E-state index in [1.54, 1.807) is 0 Å². The summed E-state index contributed by atoms with van der Waals surface area (Å²) in [5.41, 5.74) is 0.106. The largest absolute Gasteiger partial charge is 0.465 e. The molecule has 0 aliphatic heterocycles. The monoisotopic (exact) mass is 284 g/mol. The van der Waals surface area contributed by atoms with Crippen LogP contribution in [0.1, 0.15) is 10.4 Å². The van der Waals surface area contributed by atoms with Gasteiger partial charge in [-0.3, -0.25) is 10.1 Å². The lowest BCUT2D eigenvalue weighted by Crippen LogP contribution is -2.30. The summed E-state index contributed by atoms with van der Waals surface area (Å²) in [7, 11) is 1.21. The first kappa shape index (κ1) is 15.9. The number of hydrogen-bond donors (Lipinski definition) is 2. The number of anilines is 1. The quantitative estimate of drug-likeness (QED) is 0.417. The highest BCUT2D eigenvalue weighted by molar-refractivity contribution is 5.91. The topological polar surface area (TPSA) is 113 Å². The maximum Gasteiger partial charge on any atom is 0.337 e. The fraction of sp³-hybridized carbons (Fsp3) is 0.417. The number of hydrogen-bond acceptors (Lipinski definition) is 7. The van der Waals surface area contributed by atoms with Gasteiger partial charge in [0.2, 0.25) is 0 Å². The van der Waals surface area contributed by atoms with Crippen molar-refractivity contribution in [2.45, 2.75) is 0 Å². The van der Waals surface area contributed by atoms with Crippen LogP contribution < -0.4 is 4.90 Å². The Kier molecular flexibility index (Phi) is 5.88. The van der Waals surface area contributed by atoms with Crippen LogP contribution in [0.4, 0.5) is 11.4 Å². The van der Waals surface area contributed by atoms with E-state index in [0.717, 1.165) is 0 Å². The van der Waals surface area contributed by atoms with E-state index in [2.05, 4.69) is 4.74 Å². The number of carbonyl (C=O) groups excluding carboxylic acids is 1. The number of nitro groups is 1. The van der Waals surface area contributed by atoms with Crippen LogP contribution in [0.25, 0.3) is 0 Å². The lowest BCUT2D eigenvalue weighted by atomic mass is 10.1. The van der Waals surface area contributed by atoms with E-state index >= 15 is 0 Å². The highest BCUT2D eigenvalue weighted by Gasteiger charge is 2.21. The van der Waals surface area contributed by atoms with Crippen LogP contribution in [0, 0.1) is 10.1 Å². The van der Waals surface area contributed by atoms with E-state index in [1.165, 1.54) is 30.2 Å². The second-order valence-electron chi connectivity index (χ2n) is 3.89. The van der Waals surface area contributed by atoms with Gasteiger partial charge in [-0.1, -0.05) is 0 Å². The molecule has 1 rings (SSSR count). The van der Waals surface area contributed by atoms with E-state index in [9.17, 15) is 14.9 Å². The summed E-state index contributed by atoms with van der Waals surface area (Å²) >= 11 is 0. The number of methoxy groups -OCH3 is 1. The van der Waals surface area contributed by atoms with Gasteiger partial charge in [-0.25, -0.2) is 4.79 Å². The molecule has 0 atom stereocenters.